The molecule has 0 saturated heterocycles. The normalized spacial score (nSPS) is 14.2. The topological polar surface area (TPSA) is 24.9 Å². The van der Waals surface area contributed by atoms with Gasteiger partial charge in [-0.2, -0.15) is 0 Å². The third-order valence-corrected chi connectivity index (χ3v) is 3.77. The maximum absolute atomic E-state index is 12.9. The molecule has 2 aromatic rings. The lowest BCUT2D eigenvalue weighted by Crippen LogP contribution is -2.29. The number of aromatic nitrogens is 1. The van der Waals surface area contributed by atoms with Gasteiger partial charge < -0.3 is 5.32 Å². The molecule has 0 amide bonds. The summed E-state index contributed by atoms with van der Waals surface area (Å²) in [5, 5.41) is 4.29. The summed E-state index contributed by atoms with van der Waals surface area (Å²) < 4.78 is 12.9. The van der Waals surface area contributed by atoms with E-state index in [1.807, 2.05) is 31.2 Å². The second-order valence-corrected chi connectivity index (χ2v) is 6.00. The highest BCUT2D eigenvalue weighted by Crippen LogP contribution is 2.26. The van der Waals surface area contributed by atoms with Gasteiger partial charge in [-0.3, -0.25) is 4.98 Å². The number of nitrogens with zero attached hydrogens (tertiary/aromatic N) is 1. The summed E-state index contributed by atoms with van der Waals surface area (Å²) in [5.74, 6) is 0.0955. The average Bonchev–Trinajstić information content (AvgIpc) is 2.46. The molecule has 2 nitrogen and oxygen atoms in total. The van der Waals surface area contributed by atoms with Gasteiger partial charge in [0, 0.05) is 17.1 Å². The molecule has 4 heteroatoms. The molecule has 0 radical (unpaired) electrons. The summed E-state index contributed by atoms with van der Waals surface area (Å²) in [6.07, 6.45) is 1.25. The summed E-state index contributed by atoms with van der Waals surface area (Å²) in [7, 11) is 0. The van der Waals surface area contributed by atoms with Crippen molar-refractivity contribution in [3.8, 4) is 0 Å². The maximum atomic E-state index is 12.9. The second-order valence-electron chi connectivity index (χ2n) is 5.56. The summed E-state index contributed by atoms with van der Waals surface area (Å²) in [6, 6.07) is 11.2. The second kappa shape index (κ2) is 7.01. The van der Waals surface area contributed by atoms with E-state index in [0.29, 0.717) is 5.92 Å². The van der Waals surface area contributed by atoms with Crippen molar-refractivity contribution >= 4 is 11.6 Å². The molecule has 0 saturated carbocycles. The van der Waals surface area contributed by atoms with E-state index >= 15 is 0 Å². The van der Waals surface area contributed by atoms with E-state index in [2.05, 4.69) is 24.1 Å². The minimum Gasteiger partial charge on any atom is -0.302 e. The Labute approximate surface area is 130 Å². The fraction of sp³-hybridized carbons (Fsp3) is 0.353. The molecule has 21 heavy (non-hydrogen) atoms. The number of halogens is 2. The van der Waals surface area contributed by atoms with Crippen LogP contribution in [0.2, 0.25) is 5.02 Å². The average molecular weight is 307 g/mol. The zero-order valence-electron chi connectivity index (χ0n) is 12.5. The fourth-order valence-corrected chi connectivity index (χ4v) is 2.47. The monoisotopic (exact) mass is 306 g/mol. The minimum atomic E-state index is -0.316. The van der Waals surface area contributed by atoms with Gasteiger partial charge >= 0.3 is 0 Å². The van der Waals surface area contributed by atoms with Crippen LogP contribution in [0.4, 0.5) is 4.39 Å². The summed E-state index contributed by atoms with van der Waals surface area (Å²) in [5.41, 5.74) is 2.01. The zero-order valence-corrected chi connectivity index (χ0v) is 13.2. The standard InChI is InChI=1S/C17H20ClFN2/c1-11(2)17(13-4-6-14(18)7-5-13)21-12(3)16-9-8-15(19)10-20-16/h4-12,17,21H,1-3H3. The number of nitrogens with one attached hydrogen (secondary N) is 1. The molecule has 0 bridgehead atoms. The van der Waals surface area contributed by atoms with Gasteiger partial charge in [-0.05, 0) is 42.7 Å². The third-order valence-electron chi connectivity index (χ3n) is 3.52. The van der Waals surface area contributed by atoms with Crippen LogP contribution in [-0.2, 0) is 0 Å². The number of rotatable bonds is 5. The molecule has 2 atom stereocenters. The van der Waals surface area contributed by atoms with Crippen LogP contribution >= 0.6 is 11.6 Å². The molecule has 1 heterocycles. The number of pyridine rings is 1. The Kier molecular flexibility index (Phi) is 5.32. The lowest BCUT2D eigenvalue weighted by Gasteiger charge is -2.27. The van der Waals surface area contributed by atoms with Crippen molar-refractivity contribution in [2.75, 3.05) is 0 Å². The van der Waals surface area contributed by atoms with E-state index in [1.54, 1.807) is 6.07 Å². The smallest absolute Gasteiger partial charge is 0.141 e. The number of hydrogen-bond acceptors (Lipinski definition) is 2. The zero-order chi connectivity index (χ0) is 15.4. The molecule has 2 unspecified atom stereocenters. The van der Waals surface area contributed by atoms with Gasteiger partial charge in [0.15, 0.2) is 0 Å². The van der Waals surface area contributed by atoms with E-state index in [0.717, 1.165) is 10.7 Å². The first kappa shape index (κ1) is 15.9. The van der Waals surface area contributed by atoms with Gasteiger partial charge in [0.2, 0.25) is 0 Å². The highest BCUT2D eigenvalue weighted by atomic mass is 35.5. The lowest BCUT2D eigenvalue weighted by atomic mass is 9.95. The quantitative estimate of drug-likeness (QED) is 0.848. The SMILES string of the molecule is CC(NC(c1ccc(Cl)cc1)C(C)C)c1ccc(F)cn1. The molecule has 1 aromatic heterocycles. The van der Waals surface area contributed by atoms with Crippen molar-refractivity contribution in [1.82, 2.24) is 10.3 Å². The highest BCUT2D eigenvalue weighted by Gasteiger charge is 2.19. The molecule has 0 fully saturated rings. The van der Waals surface area contributed by atoms with Gasteiger partial charge in [-0.25, -0.2) is 4.39 Å². The van der Waals surface area contributed by atoms with Crippen molar-refractivity contribution in [3.05, 3.63) is 64.7 Å². The van der Waals surface area contributed by atoms with Gasteiger partial charge in [0.1, 0.15) is 5.82 Å². The van der Waals surface area contributed by atoms with Crippen molar-refractivity contribution in [2.45, 2.75) is 32.9 Å². The van der Waals surface area contributed by atoms with Crippen molar-refractivity contribution in [1.29, 1.82) is 0 Å². The van der Waals surface area contributed by atoms with E-state index in [9.17, 15) is 4.39 Å². The van der Waals surface area contributed by atoms with Crippen LogP contribution in [0.15, 0.2) is 42.6 Å². The van der Waals surface area contributed by atoms with Crippen LogP contribution < -0.4 is 5.32 Å². The van der Waals surface area contributed by atoms with Crippen LogP contribution in [0.25, 0.3) is 0 Å². The molecular formula is C17H20ClFN2. The van der Waals surface area contributed by atoms with Gasteiger partial charge in [0.25, 0.3) is 0 Å². The molecule has 0 aliphatic heterocycles. The van der Waals surface area contributed by atoms with E-state index in [-0.39, 0.29) is 17.9 Å². The molecule has 0 aliphatic carbocycles. The highest BCUT2D eigenvalue weighted by molar-refractivity contribution is 6.30. The van der Waals surface area contributed by atoms with Crippen LogP contribution in [0, 0.1) is 11.7 Å². The van der Waals surface area contributed by atoms with Gasteiger partial charge in [0.05, 0.1) is 11.9 Å². The molecule has 1 N–H and O–H groups in total. The van der Waals surface area contributed by atoms with Crippen molar-refractivity contribution in [2.24, 2.45) is 5.92 Å². The summed E-state index contributed by atoms with van der Waals surface area (Å²) in [4.78, 5) is 4.14. The first-order valence-electron chi connectivity index (χ1n) is 7.10. The molecule has 112 valence electrons. The maximum Gasteiger partial charge on any atom is 0.141 e. The van der Waals surface area contributed by atoms with Crippen molar-refractivity contribution in [3.63, 3.8) is 0 Å². The molecule has 0 spiro atoms. The first-order valence-corrected chi connectivity index (χ1v) is 7.48. The minimum absolute atomic E-state index is 0.0358. The van der Waals surface area contributed by atoms with Gasteiger partial charge in [-0.15, -0.1) is 0 Å². The Morgan fingerprint density at radius 2 is 1.71 bits per heavy atom. The fourth-order valence-electron chi connectivity index (χ4n) is 2.34. The number of hydrogen-bond donors (Lipinski definition) is 1. The Hall–Kier alpha value is -1.45. The molecule has 0 aliphatic rings. The predicted octanol–water partition coefficient (Wildman–Crippen LogP) is 4.92. The van der Waals surface area contributed by atoms with E-state index < -0.39 is 0 Å². The molecular weight excluding hydrogens is 287 g/mol. The lowest BCUT2D eigenvalue weighted by molar-refractivity contribution is 0.370. The van der Waals surface area contributed by atoms with Crippen LogP contribution in [-0.4, -0.2) is 4.98 Å². The Morgan fingerprint density at radius 3 is 2.24 bits per heavy atom. The first-order chi connectivity index (χ1) is 9.97. The predicted molar refractivity (Wildman–Crippen MR) is 84.8 cm³/mol. The van der Waals surface area contributed by atoms with Crippen LogP contribution in [0.1, 0.15) is 44.1 Å². The molecule has 2 rings (SSSR count). The Bertz CT molecular complexity index is 566. The largest absolute Gasteiger partial charge is 0.302 e. The van der Waals surface area contributed by atoms with E-state index in [4.69, 9.17) is 11.6 Å². The summed E-state index contributed by atoms with van der Waals surface area (Å²) in [6.45, 7) is 6.36. The third kappa shape index (κ3) is 4.26. The van der Waals surface area contributed by atoms with Crippen LogP contribution in [0.5, 0.6) is 0 Å². The number of benzene rings is 1. The Morgan fingerprint density at radius 1 is 1.05 bits per heavy atom. The Balaban J connectivity index is 2.16. The van der Waals surface area contributed by atoms with E-state index in [1.165, 1.54) is 17.8 Å². The van der Waals surface area contributed by atoms with Crippen LogP contribution in [0.3, 0.4) is 0 Å². The summed E-state index contributed by atoms with van der Waals surface area (Å²) >= 11 is 5.95. The molecule has 1 aromatic carbocycles. The van der Waals surface area contributed by atoms with Crippen molar-refractivity contribution < 1.29 is 4.39 Å². The van der Waals surface area contributed by atoms with Gasteiger partial charge in [-0.1, -0.05) is 37.6 Å².